The van der Waals surface area contributed by atoms with Crippen LogP contribution in [0.4, 0.5) is 0 Å². The van der Waals surface area contributed by atoms with Crippen molar-refractivity contribution >= 4 is 5.65 Å². The van der Waals surface area contributed by atoms with E-state index in [1.54, 1.807) is 6.20 Å². The van der Waals surface area contributed by atoms with Gasteiger partial charge in [-0.3, -0.25) is 4.40 Å². The second kappa shape index (κ2) is 4.48. The third kappa shape index (κ3) is 1.90. The molecule has 0 amide bonds. The highest BCUT2D eigenvalue weighted by Gasteiger charge is 2.12. The Kier molecular flexibility index (Phi) is 2.80. The molecule has 0 spiro atoms. The molecule has 0 radical (unpaired) electrons. The lowest BCUT2D eigenvalue weighted by atomic mass is 10.0. The van der Waals surface area contributed by atoms with Gasteiger partial charge in [-0.05, 0) is 37.1 Å². The van der Waals surface area contributed by atoms with Crippen LogP contribution in [0.5, 0.6) is 0 Å². The molecule has 3 rings (SSSR count). The number of benzene rings is 1. The molecule has 96 valence electrons. The normalized spacial score (nSPS) is 11.1. The molecule has 0 atom stereocenters. The molecular formula is C15H16N4. The van der Waals surface area contributed by atoms with E-state index in [0.717, 1.165) is 22.7 Å². The molecule has 0 saturated heterocycles. The van der Waals surface area contributed by atoms with Crippen molar-refractivity contribution in [1.29, 1.82) is 0 Å². The Bertz CT molecular complexity index is 743. The maximum absolute atomic E-state index is 5.75. The standard InChI is InChI=1S/C15H16N4/c1-10-4-5-12(8-11(10)2)14-15-17-6-3-7-19(15)13(9-16)18-14/h3-8H,9,16H2,1-2H3. The van der Waals surface area contributed by atoms with Crippen LogP contribution in [-0.2, 0) is 6.54 Å². The van der Waals surface area contributed by atoms with Crippen LogP contribution in [0.25, 0.3) is 16.9 Å². The molecule has 0 bridgehead atoms. The molecule has 4 heteroatoms. The Morgan fingerprint density at radius 3 is 2.79 bits per heavy atom. The van der Waals surface area contributed by atoms with E-state index in [1.165, 1.54) is 11.1 Å². The van der Waals surface area contributed by atoms with E-state index in [2.05, 4.69) is 42.0 Å². The van der Waals surface area contributed by atoms with E-state index in [4.69, 9.17) is 5.73 Å². The number of rotatable bonds is 2. The maximum atomic E-state index is 5.75. The SMILES string of the molecule is Cc1ccc(-c2nc(CN)n3cccnc23)cc1C. The van der Waals surface area contributed by atoms with Crippen molar-refractivity contribution in [3.05, 3.63) is 53.6 Å². The number of nitrogens with zero attached hydrogens (tertiary/aromatic N) is 3. The topological polar surface area (TPSA) is 56.2 Å². The predicted molar refractivity (Wildman–Crippen MR) is 75.8 cm³/mol. The van der Waals surface area contributed by atoms with Crippen molar-refractivity contribution in [2.24, 2.45) is 5.73 Å². The summed E-state index contributed by atoms with van der Waals surface area (Å²) in [4.78, 5) is 9.05. The molecule has 4 nitrogen and oxygen atoms in total. The van der Waals surface area contributed by atoms with Crippen LogP contribution in [0.3, 0.4) is 0 Å². The maximum Gasteiger partial charge on any atom is 0.164 e. The third-order valence-corrected chi connectivity index (χ3v) is 3.44. The van der Waals surface area contributed by atoms with Gasteiger partial charge in [0.05, 0.1) is 6.54 Å². The highest BCUT2D eigenvalue weighted by Crippen LogP contribution is 2.25. The van der Waals surface area contributed by atoms with Crippen LogP contribution >= 0.6 is 0 Å². The lowest BCUT2D eigenvalue weighted by Gasteiger charge is -2.03. The van der Waals surface area contributed by atoms with Crippen LogP contribution in [-0.4, -0.2) is 14.4 Å². The number of imidazole rings is 1. The van der Waals surface area contributed by atoms with E-state index < -0.39 is 0 Å². The summed E-state index contributed by atoms with van der Waals surface area (Å²) in [5.74, 6) is 0.830. The van der Waals surface area contributed by atoms with Gasteiger partial charge in [-0.2, -0.15) is 0 Å². The van der Waals surface area contributed by atoms with Crippen molar-refractivity contribution < 1.29 is 0 Å². The molecule has 2 heterocycles. The summed E-state index contributed by atoms with van der Waals surface area (Å²) in [6.07, 6.45) is 3.73. The first-order chi connectivity index (χ1) is 9.20. The van der Waals surface area contributed by atoms with E-state index in [-0.39, 0.29) is 0 Å². The Morgan fingerprint density at radius 2 is 2.05 bits per heavy atom. The quantitative estimate of drug-likeness (QED) is 0.762. The van der Waals surface area contributed by atoms with Crippen molar-refractivity contribution in [3.8, 4) is 11.3 Å². The molecule has 0 aliphatic heterocycles. The van der Waals surface area contributed by atoms with Crippen LogP contribution in [0.1, 0.15) is 17.0 Å². The lowest BCUT2D eigenvalue weighted by molar-refractivity contribution is 0.897. The van der Waals surface area contributed by atoms with E-state index >= 15 is 0 Å². The van der Waals surface area contributed by atoms with Gasteiger partial charge in [0.2, 0.25) is 0 Å². The summed E-state index contributed by atoms with van der Waals surface area (Å²) >= 11 is 0. The summed E-state index contributed by atoms with van der Waals surface area (Å²) in [7, 11) is 0. The van der Waals surface area contributed by atoms with Gasteiger partial charge in [0.25, 0.3) is 0 Å². The highest BCUT2D eigenvalue weighted by molar-refractivity contribution is 5.75. The van der Waals surface area contributed by atoms with Crippen LogP contribution in [0.2, 0.25) is 0 Å². The van der Waals surface area contributed by atoms with Crippen molar-refractivity contribution in [2.45, 2.75) is 20.4 Å². The summed E-state index contributed by atoms with van der Waals surface area (Å²) < 4.78 is 1.95. The van der Waals surface area contributed by atoms with Gasteiger partial charge in [-0.25, -0.2) is 9.97 Å². The number of fused-ring (bicyclic) bond motifs is 1. The van der Waals surface area contributed by atoms with Crippen molar-refractivity contribution in [1.82, 2.24) is 14.4 Å². The molecule has 0 aliphatic rings. The number of nitrogens with two attached hydrogens (primary N) is 1. The zero-order valence-corrected chi connectivity index (χ0v) is 11.1. The molecular weight excluding hydrogens is 236 g/mol. The van der Waals surface area contributed by atoms with Crippen LogP contribution in [0, 0.1) is 13.8 Å². The minimum Gasteiger partial charge on any atom is -0.324 e. The van der Waals surface area contributed by atoms with Gasteiger partial charge >= 0.3 is 0 Å². The summed E-state index contributed by atoms with van der Waals surface area (Å²) in [5, 5.41) is 0. The number of hydrogen-bond acceptors (Lipinski definition) is 3. The second-order valence-electron chi connectivity index (χ2n) is 4.69. The highest BCUT2D eigenvalue weighted by atomic mass is 15.1. The van der Waals surface area contributed by atoms with Gasteiger partial charge in [0.15, 0.2) is 5.65 Å². The van der Waals surface area contributed by atoms with Gasteiger partial charge in [0.1, 0.15) is 11.5 Å². The molecule has 0 saturated carbocycles. The average molecular weight is 252 g/mol. The Morgan fingerprint density at radius 1 is 1.21 bits per heavy atom. The first-order valence-electron chi connectivity index (χ1n) is 6.30. The lowest BCUT2D eigenvalue weighted by Crippen LogP contribution is -2.02. The Hall–Kier alpha value is -2.20. The second-order valence-corrected chi connectivity index (χ2v) is 4.69. The zero-order valence-electron chi connectivity index (χ0n) is 11.1. The first-order valence-corrected chi connectivity index (χ1v) is 6.30. The summed E-state index contributed by atoms with van der Waals surface area (Å²) in [6, 6.07) is 8.23. The van der Waals surface area contributed by atoms with Crippen molar-refractivity contribution in [3.63, 3.8) is 0 Å². The fourth-order valence-electron chi connectivity index (χ4n) is 2.21. The molecule has 0 aliphatic carbocycles. The Labute approximate surface area is 111 Å². The van der Waals surface area contributed by atoms with E-state index in [9.17, 15) is 0 Å². The molecule has 2 aromatic heterocycles. The predicted octanol–water partition coefficient (Wildman–Crippen LogP) is 2.47. The molecule has 1 aromatic carbocycles. The minimum atomic E-state index is 0.400. The summed E-state index contributed by atoms with van der Waals surface area (Å²) in [5.41, 5.74) is 11.1. The number of hydrogen-bond donors (Lipinski definition) is 1. The van der Waals surface area contributed by atoms with Crippen LogP contribution < -0.4 is 5.73 Å². The van der Waals surface area contributed by atoms with Gasteiger partial charge < -0.3 is 5.73 Å². The average Bonchev–Trinajstić information content (AvgIpc) is 2.81. The van der Waals surface area contributed by atoms with E-state index in [1.807, 2.05) is 16.7 Å². The van der Waals surface area contributed by atoms with E-state index in [0.29, 0.717) is 6.54 Å². The smallest absolute Gasteiger partial charge is 0.164 e. The minimum absolute atomic E-state index is 0.400. The number of aromatic nitrogens is 3. The monoisotopic (exact) mass is 252 g/mol. The van der Waals surface area contributed by atoms with Gasteiger partial charge in [-0.1, -0.05) is 12.1 Å². The fourth-order valence-corrected chi connectivity index (χ4v) is 2.21. The molecule has 19 heavy (non-hydrogen) atoms. The van der Waals surface area contributed by atoms with Gasteiger partial charge in [-0.15, -0.1) is 0 Å². The van der Waals surface area contributed by atoms with Crippen molar-refractivity contribution in [2.75, 3.05) is 0 Å². The van der Waals surface area contributed by atoms with Gasteiger partial charge in [0, 0.05) is 18.0 Å². The fraction of sp³-hybridized carbons (Fsp3) is 0.200. The third-order valence-electron chi connectivity index (χ3n) is 3.44. The molecule has 2 N–H and O–H groups in total. The largest absolute Gasteiger partial charge is 0.324 e. The van der Waals surface area contributed by atoms with Crippen LogP contribution in [0.15, 0.2) is 36.7 Å². The zero-order chi connectivity index (χ0) is 13.4. The Balaban J connectivity index is 2.27. The summed E-state index contributed by atoms with van der Waals surface area (Å²) in [6.45, 7) is 4.61. The molecule has 3 aromatic rings. The molecule has 0 fully saturated rings. The number of aryl methyl sites for hydroxylation is 2. The molecule has 0 unspecified atom stereocenters. The first kappa shape index (κ1) is 11.9.